The number of fused-ring (bicyclic) bond motifs is 1. The molecule has 0 bridgehead atoms. The Morgan fingerprint density at radius 1 is 1.50 bits per heavy atom. The van der Waals surface area contributed by atoms with Gasteiger partial charge in [0.15, 0.2) is 0 Å². The predicted molar refractivity (Wildman–Crippen MR) is 38.5 cm³/mol. The molecule has 1 saturated carbocycles. The number of rotatable bonds is 0. The van der Waals surface area contributed by atoms with Gasteiger partial charge in [-0.2, -0.15) is 0 Å². The number of aliphatic hydroxyl groups is 1. The fourth-order valence-corrected chi connectivity index (χ4v) is 2.18. The molecule has 1 aliphatic carbocycles. The molecule has 0 spiro atoms. The Balaban J connectivity index is 2.21. The van der Waals surface area contributed by atoms with Crippen LogP contribution in [-0.2, 0) is 0 Å². The minimum Gasteiger partial charge on any atom is -0.387 e. The van der Waals surface area contributed by atoms with E-state index in [2.05, 4.69) is 5.32 Å². The van der Waals surface area contributed by atoms with Crippen LogP contribution in [0.4, 0.5) is 0 Å². The zero-order chi connectivity index (χ0) is 7.19. The van der Waals surface area contributed by atoms with Crippen molar-refractivity contribution in [1.29, 1.82) is 0 Å². The summed E-state index contributed by atoms with van der Waals surface area (Å²) in [5, 5.41) is 13.1. The topological polar surface area (TPSA) is 58.3 Å². The number of hydrogen-bond acceptors (Lipinski definition) is 3. The van der Waals surface area contributed by atoms with Crippen molar-refractivity contribution < 1.29 is 5.11 Å². The quantitative estimate of drug-likeness (QED) is 0.409. The second kappa shape index (κ2) is 1.94. The molecule has 58 valence electrons. The molecular weight excluding hydrogens is 128 g/mol. The van der Waals surface area contributed by atoms with Gasteiger partial charge in [-0.3, -0.25) is 0 Å². The summed E-state index contributed by atoms with van der Waals surface area (Å²) in [4.78, 5) is 0. The standard InChI is InChI=1S/C7H14N2O/c8-6-2-1-5-3-9-4-7(5,6)10/h5-6,9-10H,1-4,8H2/t5-,6-,7+/m1/s1. The average molecular weight is 142 g/mol. The molecule has 1 heterocycles. The van der Waals surface area contributed by atoms with Crippen molar-refractivity contribution >= 4 is 0 Å². The van der Waals surface area contributed by atoms with E-state index in [9.17, 15) is 5.11 Å². The number of nitrogens with one attached hydrogen (secondary N) is 1. The van der Waals surface area contributed by atoms with E-state index in [1.165, 1.54) is 0 Å². The molecule has 0 aromatic heterocycles. The molecule has 4 N–H and O–H groups in total. The van der Waals surface area contributed by atoms with Crippen LogP contribution in [0.15, 0.2) is 0 Å². The Hall–Kier alpha value is -0.120. The van der Waals surface area contributed by atoms with Crippen molar-refractivity contribution in [2.45, 2.75) is 24.5 Å². The van der Waals surface area contributed by atoms with E-state index in [0.29, 0.717) is 12.5 Å². The third kappa shape index (κ3) is 0.654. The first-order valence-electron chi connectivity index (χ1n) is 3.92. The summed E-state index contributed by atoms with van der Waals surface area (Å²) in [5.41, 5.74) is 5.19. The van der Waals surface area contributed by atoms with Crippen LogP contribution in [-0.4, -0.2) is 29.8 Å². The van der Waals surface area contributed by atoms with E-state index in [1.807, 2.05) is 0 Å². The maximum absolute atomic E-state index is 9.91. The monoisotopic (exact) mass is 142 g/mol. The van der Waals surface area contributed by atoms with Crippen LogP contribution in [0.25, 0.3) is 0 Å². The summed E-state index contributed by atoms with van der Waals surface area (Å²) in [6.45, 7) is 1.64. The van der Waals surface area contributed by atoms with E-state index < -0.39 is 5.60 Å². The number of β-amino-alcohol motifs (C(OH)–C–C–N with tert-alkyl or cyclic N) is 1. The normalized spacial score (nSPS) is 53.4. The SMILES string of the molecule is N[C@@H]1CC[C@@H]2CNC[C@]21O. The molecule has 1 aliphatic heterocycles. The zero-order valence-electron chi connectivity index (χ0n) is 6.01. The Bertz CT molecular complexity index is 151. The van der Waals surface area contributed by atoms with Gasteiger partial charge in [0.2, 0.25) is 0 Å². The van der Waals surface area contributed by atoms with Gasteiger partial charge in [-0.05, 0) is 12.8 Å². The number of hydrogen-bond donors (Lipinski definition) is 3. The largest absolute Gasteiger partial charge is 0.387 e. The van der Waals surface area contributed by atoms with Crippen molar-refractivity contribution in [2.75, 3.05) is 13.1 Å². The minimum absolute atomic E-state index is 0.00694. The van der Waals surface area contributed by atoms with Crippen LogP contribution < -0.4 is 11.1 Å². The highest BCUT2D eigenvalue weighted by atomic mass is 16.3. The third-order valence-corrected chi connectivity index (χ3v) is 2.97. The van der Waals surface area contributed by atoms with Crippen LogP contribution in [0.5, 0.6) is 0 Å². The maximum Gasteiger partial charge on any atom is 0.0961 e. The molecule has 0 amide bonds. The van der Waals surface area contributed by atoms with Gasteiger partial charge in [0, 0.05) is 25.0 Å². The van der Waals surface area contributed by atoms with E-state index in [0.717, 1.165) is 19.4 Å². The van der Waals surface area contributed by atoms with Crippen LogP contribution in [0, 0.1) is 5.92 Å². The molecule has 0 aromatic rings. The summed E-state index contributed by atoms with van der Waals surface area (Å²) in [7, 11) is 0. The van der Waals surface area contributed by atoms with Crippen molar-refractivity contribution in [3.05, 3.63) is 0 Å². The molecule has 2 fully saturated rings. The molecule has 0 radical (unpaired) electrons. The summed E-state index contributed by atoms with van der Waals surface area (Å²) in [5.74, 6) is 0.419. The highest BCUT2D eigenvalue weighted by Gasteiger charge is 2.49. The molecule has 0 aromatic carbocycles. The predicted octanol–water partition coefficient (Wildman–Crippen LogP) is -0.942. The van der Waals surface area contributed by atoms with E-state index >= 15 is 0 Å². The van der Waals surface area contributed by atoms with E-state index in [4.69, 9.17) is 5.73 Å². The molecule has 3 heteroatoms. The van der Waals surface area contributed by atoms with Gasteiger partial charge in [-0.1, -0.05) is 0 Å². The molecule has 3 atom stereocenters. The highest BCUT2D eigenvalue weighted by Crippen LogP contribution is 2.36. The smallest absolute Gasteiger partial charge is 0.0961 e. The molecule has 3 nitrogen and oxygen atoms in total. The van der Waals surface area contributed by atoms with Crippen molar-refractivity contribution in [3.63, 3.8) is 0 Å². The van der Waals surface area contributed by atoms with Crippen molar-refractivity contribution in [2.24, 2.45) is 11.7 Å². The first kappa shape index (κ1) is 6.58. The van der Waals surface area contributed by atoms with Crippen molar-refractivity contribution in [1.82, 2.24) is 5.32 Å². The lowest BCUT2D eigenvalue weighted by molar-refractivity contribution is 0.0235. The highest BCUT2D eigenvalue weighted by molar-refractivity contribution is 5.07. The summed E-state index contributed by atoms with van der Waals surface area (Å²) < 4.78 is 0. The van der Waals surface area contributed by atoms with Gasteiger partial charge in [-0.15, -0.1) is 0 Å². The molecule has 0 unspecified atom stereocenters. The Morgan fingerprint density at radius 3 is 3.00 bits per heavy atom. The van der Waals surface area contributed by atoms with E-state index in [1.54, 1.807) is 0 Å². The van der Waals surface area contributed by atoms with Gasteiger partial charge in [-0.25, -0.2) is 0 Å². The molecule has 2 rings (SSSR count). The molecule has 1 saturated heterocycles. The first-order valence-corrected chi connectivity index (χ1v) is 3.92. The summed E-state index contributed by atoms with van der Waals surface area (Å²) >= 11 is 0. The third-order valence-electron chi connectivity index (χ3n) is 2.97. The van der Waals surface area contributed by atoms with Gasteiger partial charge in [0.25, 0.3) is 0 Å². The van der Waals surface area contributed by atoms with Crippen LogP contribution in [0.2, 0.25) is 0 Å². The summed E-state index contributed by atoms with van der Waals surface area (Å²) in [6, 6.07) is 0.00694. The maximum atomic E-state index is 9.91. The molecular formula is C7H14N2O. The van der Waals surface area contributed by atoms with Gasteiger partial charge in [0.05, 0.1) is 5.60 Å². The van der Waals surface area contributed by atoms with Gasteiger partial charge < -0.3 is 16.2 Å². The van der Waals surface area contributed by atoms with Crippen LogP contribution in [0.1, 0.15) is 12.8 Å². The Morgan fingerprint density at radius 2 is 2.30 bits per heavy atom. The van der Waals surface area contributed by atoms with Gasteiger partial charge in [0.1, 0.15) is 0 Å². The first-order chi connectivity index (χ1) is 4.73. The van der Waals surface area contributed by atoms with Crippen LogP contribution in [0.3, 0.4) is 0 Å². The number of nitrogens with two attached hydrogens (primary N) is 1. The lowest BCUT2D eigenvalue weighted by Crippen LogP contribution is -2.48. The minimum atomic E-state index is -0.569. The fraction of sp³-hybridized carbons (Fsp3) is 1.00. The lowest BCUT2D eigenvalue weighted by atomic mass is 9.92. The van der Waals surface area contributed by atoms with Crippen LogP contribution >= 0.6 is 0 Å². The Labute approximate surface area is 60.6 Å². The second-order valence-electron chi connectivity index (χ2n) is 3.50. The summed E-state index contributed by atoms with van der Waals surface area (Å²) in [6.07, 6.45) is 2.08. The second-order valence-corrected chi connectivity index (χ2v) is 3.50. The average Bonchev–Trinajstić information content (AvgIpc) is 2.36. The van der Waals surface area contributed by atoms with E-state index in [-0.39, 0.29) is 6.04 Å². The lowest BCUT2D eigenvalue weighted by Gasteiger charge is -2.25. The molecule has 2 aliphatic rings. The Kier molecular flexibility index (Phi) is 1.27. The molecule has 10 heavy (non-hydrogen) atoms. The fourth-order valence-electron chi connectivity index (χ4n) is 2.18. The van der Waals surface area contributed by atoms with Gasteiger partial charge >= 0.3 is 0 Å². The van der Waals surface area contributed by atoms with Crippen molar-refractivity contribution in [3.8, 4) is 0 Å². The zero-order valence-corrected chi connectivity index (χ0v) is 6.01.